The van der Waals surface area contributed by atoms with E-state index in [1.807, 2.05) is 11.8 Å². The third kappa shape index (κ3) is 3.19. The van der Waals surface area contributed by atoms with Crippen molar-refractivity contribution >= 4 is 11.9 Å². The summed E-state index contributed by atoms with van der Waals surface area (Å²) in [6, 6.07) is 0. The standard InChI is InChI=1S/C11H18N8O/c1-3-18(6-7-20-2)10-14-9(17-12)15-11(16-10)19-5-4-13-8-19/h4-5,8H,3,6-7,12H2,1-2H3,(H,14,15,16,17). The van der Waals surface area contributed by atoms with Crippen LogP contribution < -0.4 is 16.2 Å². The van der Waals surface area contributed by atoms with E-state index in [9.17, 15) is 0 Å². The summed E-state index contributed by atoms with van der Waals surface area (Å²) in [6.07, 6.45) is 5.03. The van der Waals surface area contributed by atoms with Crippen LogP contribution in [0, 0.1) is 0 Å². The van der Waals surface area contributed by atoms with Gasteiger partial charge in [-0.05, 0) is 6.92 Å². The molecule has 2 heterocycles. The smallest absolute Gasteiger partial charge is 0.243 e. The Bertz CT molecular complexity index is 529. The minimum atomic E-state index is 0.301. The Hall–Kier alpha value is -2.26. The molecular formula is C11H18N8O. The number of nitrogens with zero attached hydrogens (tertiary/aromatic N) is 6. The number of likely N-dealkylation sites (N-methyl/N-ethyl adjacent to an activating group) is 1. The highest BCUT2D eigenvalue weighted by Gasteiger charge is 2.12. The van der Waals surface area contributed by atoms with Crippen molar-refractivity contribution in [3.63, 3.8) is 0 Å². The van der Waals surface area contributed by atoms with Gasteiger partial charge in [-0.25, -0.2) is 10.8 Å². The van der Waals surface area contributed by atoms with Crippen molar-refractivity contribution in [2.45, 2.75) is 6.92 Å². The number of methoxy groups -OCH3 is 1. The summed E-state index contributed by atoms with van der Waals surface area (Å²) in [5.41, 5.74) is 2.45. The maximum Gasteiger partial charge on any atom is 0.243 e. The molecule has 0 spiro atoms. The SMILES string of the molecule is CCN(CCOC)c1nc(NN)nc(-n2ccnc2)n1. The van der Waals surface area contributed by atoms with E-state index in [0.29, 0.717) is 31.0 Å². The molecule has 2 aromatic rings. The topological polar surface area (TPSA) is 107 Å². The Morgan fingerprint density at radius 1 is 1.40 bits per heavy atom. The highest BCUT2D eigenvalue weighted by atomic mass is 16.5. The van der Waals surface area contributed by atoms with Gasteiger partial charge in [-0.3, -0.25) is 9.99 Å². The van der Waals surface area contributed by atoms with Gasteiger partial charge in [0.2, 0.25) is 17.8 Å². The van der Waals surface area contributed by atoms with Gasteiger partial charge < -0.3 is 9.64 Å². The molecule has 0 fully saturated rings. The number of nitrogens with two attached hydrogens (primary N) is 1. The predicted molar refractivity (Wildman–Crippen MR) is 74.5 cm³/mol. The lowest BCUT2D eigenvalue weighted by atomic mass is 10.5. The van der Waals surface area contributed by atoms with E-state index in [1.165, 1.54) is 0 Å². The molecule has 2 aromatic heterocycles. The van der Waals surface area contributed by atoms with Crippen LogP contribution in [-0.2, 0) is 4.74 Å². The molecule has 0 atom stereocenters. The maximum atomic E-state index is 5.41. The van der Waals surface area contributed by atoms with Gasteiger partial charge >= 0.3 is 0 Å². The first-order valence-electron chi connectivity index (χ1n) is 6.23. The van der Waals surface area contributed by atoms with Crippen molar-refractivity contribution < 1.29 is 4.74 Å². The molecule has 0 amide bonds. The fourth-order valence-corrected chi connectivity index (χ4v) is 1.65. The zero-order valence-electron chi connectivity index (χ0n) is 11.5. The third-order valence-corrected chi connectivity index (χ3v) is 2.71. The van der Waals surface area contributed by atoms with Crippen molar-refractivity contribution in [2.75, 3.05) is 37.1 Å². The van der Waals surface area contributed by atoms with Gasteiger partial charge in [-0.1, -0.05) is 0 Å². The zero-order valence-corrected chi connectivity index (χ0v) is 11.5. The Labute approximate surface area is 116 Å². The summed E-state index contributed by atoms with van der Waals surface area (Å²) in [5, 5.41) is 0. The normalized spacial score (nSPS) is 10.6. The quantitative estimate of drug-likeness (QED) is 0.530. The summed E-state index contributed by atoms with van der Waals surface area (Å²) in [7, 11) is 1.66. The van der Waals surface area contributed by atoms with Crippen LogP contribution in [0.3, 0.4) is 0 Å². The van der Waals surface area contributed by atoms with Gasteiger partial charge in [-0.15, -0.1) is 0 Å². The molecule has 2 rings (SSSR count). The Kier molecular flexibility index (Phi) is 4.80. The average molecular weight is 278 g/mol. The third-order valence-electron chi connectivity index (χ3n) is 2.71. The van der Waals surface area contributed by atoms with Gasteiger partial charge in [-0.2, -0.15) is 15.0 Å². The molecule has 0 bridgehead atoms. The lowest BCUT2D eigenvalue weighted by Gasteiger charge is -2.20. The molecule has 0 aliphatic rings. The van der Waals surface area contributed by atoms with Crippen molar-refractivity contribution in [3.05, 3.63) is 18.7 Å². The van der Waals surface area contributed by atoms with E-state index in [4.69, 9.17) is 10.6 Å². The summed E-state index contributed by atoms with van der Waals surface area (Å²) in [6.45, 7) is 4.04. The lowest BCUT2D eigenvalue weighted by molar-refractivity contribution is 0.205. The van der Waals surface area contributed by atoms with Crippen LogP contribution >= 0.6 is 0 Å². The van der Waals surface area contributed by atoms with E-state index < -0.39 is 0 Å². The average Bonchev–Trinajstić information content (AvgIpc) is 3.02. The largest absolute Gasteiger partial charge is 0.383 e. The minimum Gasteiger partial charge on any atom is -0.383 e. The number of nitrogen functional groups attached to an aromatic ring is 1. The second-order valence-electron chi connectivity index (χ2n) is 3.95. The molecule has 0 radical (unpaired) electrons. The Balaban J connectivity index is 2.34. The van der Waals surface area contributed by atoms with Gasteiger partial charge in [0.1, 0.15) is 6.33 Å². The number of nitrogens with one attached hydrogen (secondary N) is 1. The first-order valence-corrected chi connectivity index (χ1v) is 6.23. The van der Waals surface area contributed by atoms with Crippen molar-refractivity contribution in [1.82, 2.24) is 24.5 Å². The number of anilines is 2. The Morgan fingerprint density at radius 3 is 2.85 bits per heavy atom. The number of hydrogen-bond donors (Lipinski definition) is 2. The van der Waals surface area contributed by atoms with Crippen molar-refractivity contribution in [1.29, 1.82) is 0 Å². The van der Waals surface area contributed by atoms with Crippen LogP contribution in [-0.4, -0.2) is 51.3 Å². The van der Waals surface area contributed by atoms with Gasteiger partial charge in [0.05, 0.1) is 6.61 Å². The molecule has 0 aliphatic heterocycles. The van der Waals surface area contributed by atoms with Crippen LogP contribution in [0.25, 0.3) is 5.95 Å². The number of rotatable bonds is 7. The molecule has 20 heavy (non-hydrogen) atoms. The van der Waals surface area contributed by atoms with E-state index >= 15 is 0 Å². The monoisotopic (exact) mass is 278 g/mol. The molecular weight excluding hydrogens is 260 g/mol. The van der Waals surface area contributed by atoms with Gasteiger partial charge in [0.15, 0.2) is 0 Å². The van der Waals surface area contributed by atoms with Crippen molar-refractivity contribution in [2.24, 2.45) is 5.84 Å². The van der Waals surface area contributed by atoms with Crippen LogP contribution in [0.1, 0.15) is 6.92 Å². The molecule has 3 N–H and O–H groups in total. The number of ether oxygens (including phenoxy) is 1. The van der Waals surface area contributed by atoms with Gasteiger partial charge in [0, 0.05) is 32.6 Å². The summed E-state index contributed by atoms with van der Waals surface area (Å²) in [4.78, 5) is 18.8. The number of hydrogen-bond acceptors (Lipinski definition) is 8. The molecule has 9 nitrogen and oxygen atoms in total. The zero-order chi connectivity index (χ0) is 14.4. The van der Waals surface area contributed by atoms with Crippen molar-refractivity contribution in [3.8, 4) is 5.95 Å². The first-order chi connectivity index (χ1) is 9.78. The van der Waals surface area contributed by atoms with Crippen LogP contribution in [0.15, 0.2) is 18.7 Å². The number of hydrazine groups is 1. The van der Waals surface area contributed by atoms with E-state index in [0.717, 1.165) is 6.54 Å². The molecule has 0 saturated carbocycles. The Morgan fingerprint density at radius 2 is 2.25 bits per heavy atom. The highest BCUT2D eigenvalue weighted by Crippen LogP contribution is 2.12. The van der Waals surface area contributed by atoms with E-state index in [1.54, 1.807) is 30.4 Å². The molecule has 0 saturated heterocycles. The van der Waals surface area contributed by atoms with Gasteiger partial charge in [0.25, 0.3) is 0 Å². The molecule has 0 unspecified atom stereocenters. The number of imidazole rings is 1. The minimum absolute atomic E-state index is 0.301. The lowest BCUT2D eigenvalue weighted by Crippen LogP contribution is -2.29. The molecule has 0 aliphatic carbocycles. The summed E-state index contributed by atoms with van der Waals surface area (Å²) >= 11 is 0. The second-order valence-corrected chi connectivity index (χ2v) is 3.95. The molecule has 108 valence electrons. The van der Waals surface area contributed by atoms with Crippen LogP contribution in [0.5, 0.6) is 0 Å². The predicted octanol–water partition coefficient (Wildman–Crippen LogP) is -0.184. The second kappa shape index (κ2) is 6.78. The number of aromatic nitrogens is 5. The molecule has 0 aromatic carbocycles. The fourth-order valence-electron chi connectivity index (χ4n) is 1.65. The summed E-state index contributed by atoms with van der Waals surface area (Å²) < 4.78 is 6.78. The summed E-state index contributed by atoms with van der Waals surface area (Å²) in [5.74, 6) is 6.71. The van der Waals surface area contributed by atoms with E-state index in [2.05, 4.69) is 25.4 Å². The van der Waals surface area contributed by atoms with Crippen LogP contribution in [0.4, 0.5) is 11.9 Å². The van der Waals surface area contributed by atoms with E-state index in [-0.39, 0.29) is 0 Å². The van der Waals surface area contributed by atoms with Crippen LogP contribution in [0.2, 0.25) is 0 Å². The highest BCUT2D eigenvalue weighted by molar-refractivity contribution is 5.39. The maximum absolute atomic E-state index is 5.41. The fraction of sp³-hybridized carbons (Fsp3) is 0.455. The first kappa shape index (κ1) is 14.2. The molecule has 9 heteroatoms.